The zero-order valence-electron chi connectivity index (χ0n) is 10.8. The minimum absolute atomic E-state index is 0.0550. The first-order valence-corrected chi connectivity index (χ1v) is 6.67. The van der Waals surface area contributed by atoms with Gasteiger partial charge in [0.1, 0.15) is 12.7 Å². The largest absolute Gasteiger partial charge is 0.462 e. The van der Waals surface area contributed by atoms with E-state index in [1.165, 1.54) is 0 Å². The van der Waals surface area contributed by atoms with Crippen LogP contribution in [0.25, 0.3) is 0 Å². The van der Waals surface area contributed by atoms with Crippen LogP contribution in [0.1, 0.15) is 19.8 Å². The van der Waals surface area contributed by atoms with Crippen molar-refractivity contribution in [2.24, 2.45) is 17.3 Å². The first-order valence-electron chi connectivity index (χ1n) is 6.14. The highest BCUT2D eigenvalue weighted by Gasteiger charge is 2.48. The van der Waals surface area contributed by atoms with E-state index in [0.29, 0.717) is 12.3 Å². The third-order valence-electron chi connectivity index (χ3n) is 3.73. The molecule has 4 heteroatoms. The smallest absolute Gasteiger partial charge is 0.312 e. The van der Waals surface area contributed by atoms with Crippen LogP contribution in [0.3, 0.4) is 0 Å². The normalized spacial score (nSPS) is 32.8. The van der Waals surface area contributed by atoms with Gasteiger partial charge in [-0.3, -0.25) is 4.79 Å². The van der Waals surface area contributed by atoms with Crippen LogP contribution < -0.4 is 0 Å². The molecule has 1 N–H and O–H groups in total. The zero-order valence-corrected chi connectivity index (χ0v) is 11.5. The molecule has 1 saturated carbocycles. The van der Waals surface area contributed by atoms with E-state index in [4.69, 9.17) is 16.3 Å². The van der Waals surface area contributed by atoms with Crippen molar-refractivity contribution in [3.05, 3.63) is 25.3 Å². The molecule has 3 nitrogen and oxygen atoms in total. The van der Waals surface area contributed by atoms with Gasteiger partial charge in [0.05, 0.1) is 11.3 Å². The van der Waals surface area contributed by atoms with Crippen molar-refractivity contribution in [3.8, 4) is 0 Å². The number of hydrogen-bond donors (Lipinski definition) is 1. The molecule has 0 spiro atoms. The highest BCUT2D eigenvalue weighted by molar-refractivity contribution is 6.18. The van der Waals surface area contributed by atoms with Crippen LogP contribution in [0.4, 0.5) is 0 Å². The molecule has 1 aliphatic carbocycles. The second-order valence-corrected chi connectivity index (χ2v) is 5.41. The van der Waals surface area contributed by atoms with Crippen molar-refractivity contribution in [2.45, 2.75) is 25.9 Å². The number of aliphatic hydroxyl groups is 1. The SMILES string of the molecule is C=CC1CC(C=C)C(C)(C(=O)OCC(O)CCl)C1. The molecule has 4 unspecified atom stereocenters. The number of hydrogen-bond acceptors (Lipinski definition) is 3. The first-order chi connectivity index (χ1) is 8.47. The molecular formula is C14H21ClO3. The second kappa shape index (κ2) is 6.39. The summed E-state index contributed by atoms with van der Waals surface area (Å²) in [6.07, 6.45) is 4.46. The maximum absolute atomic E-state index is 12.2. The number of aliphatic hydroxyl groups excluding tert-OH is 1. The summed E-state index contributed by atoms with van der Waals surface area (Å²) >= 11 is 5.46. The average molecular weight is 273 g/mol. The highest BCUT2D eigenvalue weighted by atomic mass is 35.5. The fourth-order valence-corrected chi connectivity index (χ4v) is 2.61. The van der Waals surface area contributed by atoms with Crippen LogP contribution in [0, 0.1) is 17.3 Å². The summed E-state index contributed by atoms with van der Waals surface area (Å²) in [4.78, 5) is 12.2. The molecule has 1 rings (SSSR count). The fourth-order valence-electron chi connectivity index (χ4n) is 2.52. The molecule has 102 valence electrons. The van der Waals surface area contributed by atoms with Crippen molar-refractivity contribution in [1.82, 2.24) is 0 Å². The van der Waals surface area contributed by atoms with E-state index in [-0.39, 0.29) is 24.4 Å². The number of ether oxygens (including phenoxy) is 1. The van der Waals surface area contributed by atoms with Gasteiger partial charge in [-0.1, -0.05) is 12.2 Å². The molecule has 0 aromatic heterocycles. The number of halogens is 1. The third-order valence-corrected chi connectivity index (χ3v) is 4.09. The van der Waals surface area contributed by atoms with Crippen molar-refractivity contribution in [2.75, 3.05) is 12.5 Å². The molecule has 0 amide bonds. The molecule has 0 saturated heterocycles. The Morgan fingerprint density at radius 1 is 1.61 bits per heavy atom. The van der Waals surface area contributed by atoms with E-state index >= 15 is 0 Å². The Labute approximate surface area is 113 Å². The van der Waals surface area contributed by atoms with E-state index < -0.39 is 11.5 Å². The van der Waals surface area contributed by atoms with Gasteiger partial charge in [0, 0.05) is 0 Å². The van der Waals surface area contributed by atoms with Gasteiger partial charge in [0.2, 0.25) is 0 Å². The predicted molar refractivity (Wildman–Crippen MR) is 72.4 cm³/mol. The van der Waals surface area contributed by atoms with Crippen LogP contribution in [0.15, 0.2) is 25.3 Å². The number of alkyl halides is 1. The van der Waals surface area contributed by atoms with Gasteiger partial charge in [-0.2, -0.15) is 0 Å². The van der Waals surface area contributed by atoms with Crippen LogP contribution in [-0.2, 0) is 9.53 Å². The van der Waals surface area contributed by atoms with Gasteiger partial charge in [-0.05, 0) is 31.6 Å². The summed E-state index contributed by atoms with van der Waals surface area (Å²) in [5.74, 6) is 0.162. The van der Waals surface area contributed by atoms with Crippen LogP contribution in [0.2, 0.25) is 0 Å². The second-order valence-electron chi connectivity index (χ2n) is 5.10. The Bertz CT molecular complexity index is 329. The Morgan fingerprint density at radius 2 is 2.28 bits per heavy atom. The van der Waals surface area contributed by atoms with E-state index in [0.717, 1.165) is 6.42 Å². The quantitative estimate of drug-likeness (QED) is 0.459. The van der Waals surface area contributed by atoms with E-state index in [2.05, 4.69) is 13.2 Å². The highest BCUT2D eigenvalue weighted by Crippen LogP contribution is 2.48. The van der Waals surface area contributed by atoms with Crippen LogP contribution in [-0.4, -0.2) is 29.7 Å². The summed E-state index contributed by atoms with van der Waals surface area (Å²) < 4.78 is 5.15. The number of allylic oxidation sites excluding steroid dienone is 2. The summed E-state index contributed by atoms with van der Waals surface area (Å²) in [7, 11) is 0. The van der Waals surface area contributed by atoms with Crippen molar-refractivity contribution in [3.63, 3.8) is 0 Å². The standard InChI is InChI=1S/C14H21ClO3/c1-4-10-6-11(5-2)14(3,7-10)13(17)18-9-12(16)8-15/h4-5,10-12,16H,1-2,6-9H2,3H3. The molecule has 1 fully saturated rings. The Kier molecular flexibility index (Phi) is 5.42. The van der Waals surface area contributed by atoms with Gasteiger partial charge >= 0.3 is 5.97 Å². The van der Waals surface area contributed by atoms with E-state index in [1.54, 1.807) is 0 Å². The molecular weight excluding hydrogens is 252 g/mol. The summed E-state index contributed by atoms with van der Waals surface area (Å²) in [5, 5.41) is 9.31. The molecule has 0 heterocycles. The molecule has 0 bridgehead atoms. The monoisotopic (exact) mass is 272 g/mol. The lowest BCUT2D eigenvalue weighted by molar-refractivity contribution is -0.159. The number of carbonyl (C=O) groups is 1. The summed E-state index contributed by atoms with van der Waals surface area (Å²) in [6.45, 7) is 9.40. The third kappa shape index (κ3) is 3.15. The zero-order chi connectivity index (χ0) is 13.8. The Morgan fingerprint density at radius 3 is 2.78 bits per heavy atom. The van der Waals surface area contributed by atoms with Gasteiger partial charge in [-0.25, -0.2) is 0 Å². The molecule has 18 heavy (non-hydrogen) atoms. The maximum Gasteiger partial charge on any atom is 0.312 e. The topological polar surface area (TPSA) is 46.5 Å². The van der Waals surface area contributed by atoms with Crippen LogP contribution in [0.5, 0.6) is 0 Å². The number of rotatable bonds is 6. The van der Waals surface area contributed by atoms with Crippen molar-refractivity contribution >= 4 is 17.6 Å². The van der Waals surface area contributed by atoms with Gasteiger partial charge in [0.25, 0.3) is 0 Å². The summed E-state index contributed by atoms with van der Waals surface area (Å²) in [6, 6.07) is 0. The van der Waals surface area contributed by atoms with Gasteiger partial charge in [0.15, 0.2) is 0 Å². The average Bonchev–Trinajstić information content (AvgIpc) is 2.73. The molecule has 4 atom stereocenters. The van der Waals surface area contributed by atoms with Crippen molar-refractivity contribution in [1.29, 1.82) is 0 Å². The minimum Gasteiger partial charge on any atom is -0.462 e. The summed E-state index contributed by atoms with van der Waals surface area (Å²) in [5.41, 5.74) is -0.577. The predicted octanol–water partition coefficient (Wildman–Crippen LogP) is 2.53. The Balaban J connectivity index is 2.69. The van der Waals surface area contributed by atoms with Gasteiger partial charge < -0.3 is 9.84 Å². The van der Waals surface area contributed by atoms with E-state index in [1.807, 2.05) is 19.1 Å². The first kappa shape index (κ1) is 15.3. The Hall–Kier alpha value is -0.800. The number of carbonyl (C=O) groups excluding carboxylic acids is 1. The maximum atomic E-state index is 12.2. The molecule has 0 aromatic rings. The minimum atomic E-state index is -0.807. The molecule has 0 radical (unpaired) electrons. The lowest BCUT2D eigenvalue weighted by Crippen LogP contribution is -2.34. The van der Waals surface area contributed by atoms with Crippen LogP contribution >= 0.6 is 11.6 Å². The molecule has 1 aliphatic rings. The van der Waals surface area contributed by atoms with Crippen molar-refractivity contribution < 1.29 is 14.6 Å². The molecule has 0 aliphatic heterocycles. The lowest BCUT2D eigenvalue weighted by Gasteiger charge is -2.27. The van der Waals surface area contributed by atoms with Gasteiger partial charge in [-0.15, -0.1) is 24.8 Å². The van der Waals surface area contributed by atoms with E-state index in [9.17, 15) is 9.90 Å². The lowest BCUT2D eigenvalue weighted by atomic mass is 9.79. The molecule has 0 aromatic carbocycles. The fraction of sp³-hybridized carbons (Fsp3) is 0.643. The number of esters is 1.